The molecule has 2 fully saturated rings. The largest absolute Gasteiger partial charge is 0.463 e. The van der Waals surface area contributed by atoms with Crippen molar-refractivity contribution in [2.75, 3.05) is 25.4 Å². The molecule has 0 bridgehead atoms. The number of nitrogens with zero attached hydrogens (tertiary/aromatic N) is 5. The van der Waals surface area contributed by atoms with Crippen LogP contribution < -0.4 is 4.74 Å². The molecule has 2 aliphatic rings. The van der Waals surface area contributed by atoms with Gasteiger partial charge in [0.2, 0.25) is 0 Å². The third kappa shape index (κ3) is 3.03. The molecule has 2 aromatic rings. The summed E-state index contributed by atoms with van der Waals surface area (Å²) >= 11 is 0. The van der Waals surface area contributed by atoms with Gasteiger partial charge in [0.1, 0.15) is 4.75 Å². The van der Waals surface area contributed by atoms with Crippen molar-refractivity contribution >= 4 is 15.7 Å². The number of carbonyl (C=O) groups is 1. The zero-order valence-electron chi connectivity index (χ0n) is 14.8. The van der Waals surface area contributed by atoms with Crippen LogP contribution >= 0.6 is 0 Å². The predicted octanol–water partition coefficient (Wildman–Crippen LogP) is 0.283. The molecule has 2 saturated heterocycles. The van der Waals surface area contributed by atoms with Gasteiger partial charge in [0.15, 0.2) is 9.84 Å². The molecule has 0 aliphatic carbocycles. The average molecular weight is 389 g/mol. The van der Waals surface area contributed by atoms with E-state index in [4.69, 9.17) is 4.74 Å². The summed E-state index contributed by atoms with van der Waals surface area (Å²) in [5.74, 6) is -0.334. The fourth-order valence-corrected chi connectivity index (χ4v) is 6.12. The van der Waals surface area contributed by atoms with E-state index in [1.54, 1.807) is 18.3 Å². The van der Waals surface area contributed by atoms with Crippen LogP contribution in [0.4, 0.5) is 0 Å². The lowest BCUT2D eigenvalue weighted by Crippen LogP contribution is -2.68. The number of aromatic nitrogens is 4. The highest BCUT2D eigenvalue weighted by atomic mass is 32.2. The molecular formula is C17H19N5O4S. The zero-order chi connectivity index (χ0) is 19.1. The van der Waals surface area contributed by atoms with Gasteiger partial charge in [-0.1, -0.05) is 0 Å². The van der Waals surface area contributed by atoms with Crippen molar-refractivity contribution in [1.82, 2.24) is 25.1 Å². The summed E-state index contributed by atoms with van der Waals surface area (Å²) in [6.45, 7) is 2.37. The maximum Gasteiger partial charge on any atom is 0.316 e. The summed E-state index contributed by atoms with van der Waals surface area (Å²) < 4.78 is 30.1. The Morgan fingerprint density at radius 3 is 2.81 bits per heavy atom. The van der Waals surface area contributed by atoms with E-state index in [0.717, 1.165) is 5.69 Å². The first-order chi connectivity index (χ1) is 12.9. The number of hydrogen-bond donors (Lipinski definition) is 0. The molecule has 9 nitrogen and oxygen atoms in total. The minimum atomic E-state index is -3.30. The van der Waals surface area contributed by atoms with Gasteiger partial charge >= 0.3 is 6.01 Å². The highest BCUT2D eigenvalue weighted by Gasteiger charge is 2.62. The Labute approximate surface area is 156 Å². The van der Waals surface area contributed by atoms with Crippen LogP contribution in [0, 0.1) is 12.8 Å². The van der Waals surface area contributed by atoms with Crippen LogP contribution in [-0.4, -0.2) is 69.6 Å². The van der Waals surface area contributed by atoms with Gasteiger partial charge in [0.05, 0.1) is 30.3 Å². The van der Waals surface area contributed by atoms with Gasteiger partial charge in [-0.2, -0.15) is 10.2 Å². The van der Waals surface area contributed by atoms with Crippen LogP contribution in [0.15, 0.2) is 30.7 Å². The second-order valence-electron chi connectivity index (χ2n) is 6.95. The molecular weight excluding hydrogens is 370 g/mol. The van der Waals surface area contributed by atoms with Crippen molar-refractivity contribution in [3.8, 4) is 6.01 Å². The topological polar surface area (TPSA) is 115 Å². The molecule has 0 radical (unpaired) electrons. The van der Waals surface area contributed by atoms with Crippen molar-refractivity contribution in [2.24, 2.45) is 5.92 Å². The second kappa shape index (κ2) is 6.52. The third-order valence-electron chi connectivity index (χ3n) is 5.32. The standard InChI is InChI=1S/C17H19N5O4S/c1-12-2-5-18-16(21-12)26-9-14-4-7-27(24,25)17(14)10-22(11-17)15(23)13-3-6-19-20-8-13/h2-3,5-6,8,14H,4,7,9-11H2,1H3/t14-/m1/s1. The summed E-state index contributed by atoms with van der Waals surface area (Å²) in [6, 6.07) is 3.57. The highest BCUT2D eigenvalue weighted by molar-refractivity contribution is 7.93. The number of likely N-dealkylation sites (tertiary alicyclic amines) is 1. The first kappa shape index (κ1) is 17.8. The molecule has 2 aromatic heterocycles. The molecule has 0 saturated carbocycles. The Morgan fingerprint density at radius 1 is 1.30 bits per heavy atom. The van der Waals surface area contributed by atoms with Gasteiger partial charge in [0, 0.05) is 30.9 Å². The molecule has 0 N–H and O–H groups in total. The quantitative estimate of drug-likeness (QED) is 0.732. The van der Waals surface area contributed by atoms with E-state index in [1.807, 2.05) is 6.92 Å². The van der Waals surface area contributed by atoms with E-state index in [-0.39, 0.29) is 43.3 Å². The number of carbonyl (C=O) groups excluding carboxylic acids is 1. The van der Waals surface area contributed by atoms with E-state index < -0.39 is 14.6 Å². The molecule has 1 amide bonds. The van der Waals surface area contributed by atoms with Crippen LogP contribution in [0.3, 0.4) is 0 Å². The lowest BCUT2D eigenvalue weighted by atomic mass is 9.83. The Bertz CT molecular complexity index is 960. The number of hydrogen-bond acceptors (Lipinski definition) is 8. The first-order valence-corrected chi connectivity index (χ1v) is 10.3. The summed E-state index contributed by atoms with van der Waals surface area (Å²) in [5, 5.41) is 7.35. The van der Waals surface area contributed by atoms with Crippen molar-refractivity contribution in [1.29, 1.82) is 0 Å². The zero-order valence-corrected chi connectivity index (χ0v) is 15.6. The number of rotatable bonds is 4. The fourth-order valence-electron chi connectivity index (χ4n) is 3.72. The van der Waals surface area contributed by atoms with E-state index in [0.29, 0.717) is 12.0 Å². The van der Waals surface area contributed by atoms with Crippen LogP contribution in [0.2, 0.25) is 0 Å². The van der Waals surface area contributed by atoms with Crippen LogP contribution in [0.1, 0.15) is 22.5 Å². The number of ether oxygens (including phenoxy) is 1. The van der Waals surface area contributed by atoms with Gasteiger partial charge < -0.3 is 9.64 Å². The lowest BCUT2D eigenvalue weighted by Gasteiger charge is -2.49. The summed E-state index contributed by atoms with van der Waals surface area (Å²) in [4.78, 5) is 22.3. The first-order valence-electron chi connectivity index (χ1n) is 8.62. The molecule has 2 aliphatic heterocycles. The van der Waals surface area contributed by atoms with Crippen molar-refractivity contribution in [2.45, 2.75) is 18.1 Å². The maximum absolute atomic E-state index is 12.7. The molecule has 0 aromatic carbocycles. The minimum absolute atomic E-state index is 0.106. The lowest BCUT2D eigenvalue weighted by molar-refractivity contribution is 0.0403. The van der Waals surface area contributed by atoms with E-state index in [2.05, 4.69) is 20.2 Å². The highest BCUT2D eigenvalue weighted by Crippen LogP contribution is 2.45. The summed E-state index contributed by atoms with van der Waals surface area (Å²) in [7, 11) is -3.30. The normalized spacial score (nSPS) is 22.4. The number of amides is 1. The Balaban J connectivity index is 1.47. The van der Waals surface area contributed by atoms with Crippen LogP contribution in [0.5, 0.6) is 6.01 Å². The Hall–Kier alpha value is -2.62. The third-order valence-corrected chi connectivity index (χ3v) is 7.92. The van der Waals surface area contributed by atoms with Crippen LogP contribution in [0.25, 0.3) is 0 Å². The molecule has 4 heterocycles. The molecule has 27 heavy (non-hydrogen) atoms. The van der Waals surface area contributed by atoms with Gasteiger partial charge in [-0.3, -0.25) is 4.79 Å². The fraction of sp³-hybridized carbons (Fsp3) is 0.471. The van der Waals surface area contributed by atoms with Gasteiger partial charge in [-0.25, -0.2) is 18.4 Å². The smallest absolute Gasteiger partial charge is 0.316 e. The Kier molecular flexibility index (Phi) is 4.29. The van der Waals surface area contributed by atoms with E-state index >= 15 is 0 Å². The summed E-state index contributed by atoms with van der Waals surface area (Å²) in [6.07, 6.45) is 4.93. The molecule has 0 unspecified atom stereocenters. The number of sulfone groups is 1. The minimum Gasteiger partial charge on any atom is -0.463 e. The molecule has 4 rings (SSSR count). The van der Waals surface area contributed by atoms with Gasteiger partial charge in [-0.05, 0) is 25.5 Å². The Morgan fingerprint density at radius 2 is 2.11 bits per heavy atom. The molecule has 1 spiro atoms. The monoisotopic (exact) mass is 389 g/mol. The molecule has 1 atom stereocenters. The molecule has 142 valence electrons. The predicted molar refractivity (Wildman–Crippen MR) is 94.8 cm³/mol. The SMILES string of the molecule is Cc1ccnc(OC[C@H]2CCS(=O)(=O)C23CN(C(=O)c2ccnnc2)C3)n1. The van der Waals surface area contributed by atoms with Gasteiger partial charge in [-0.15, -0.1) is 0 Å². The van der Waals surface area contributed by atoms with Crippen LogP contribution in [-0.2, 0) is 9.84 Å². The molecule has 10 heteroatoms. The van der Waals surface area contributed by atoms with Gasteiger partial charge in [0.25, 0.3) is 5.91 Å². The maximum atomic E-state index is 12.7. The van der Waals surface area contributed by atoms with Crippen molar-refractivity contribution in [3.63, 3.8) is 0 Å². The van der Waals surface area contributed by atoms with Crippen molar-refractivity contribution < 1.29 is 17.9 Å². The van der Waals surface area contributed by atoms with E-state index in [1.165, 1.54) is 17.3 Å². The number of aryl methyl sites for hydroxylation is 1. The second-order valence-corrected chi connectivity index (χ2v) is 9.40. The average Bonchev–Trinajstić information content (AvgIpc) is 2.89. The van der Waals surface area contributed by atoms with Crippen molar-refractivity contribution in [3.05, 3.63) is 42.0 Å². The summed E-state index contributed by atoms with van der Waals surface area (Å²) in [5.41, 5.74) is 1.18. The van der Waals surface area contributed by atoms with E-state index in [9.17, 15) is 13.2 Å².